The predicted octanol–water partition coefficient (Wildman–Crippen LogP) is 3.87. The smallest absolute Gasteiger partial charge is 0.343 e. The number of carbonyl (C=O) groups is 2. The number of hydrogen-bond acceptors (Lipinski definition) is 5. The molecule has 5 heteroatoms. The number of ether oxygens (including phenoxy) is 3. The van der Waals surface area contributed by atoms with Crippen LogP contribution in [0, 0.1) is 0 Å². The lowest BCUT2D eigenvalue weighted by molar-refractivity contribution is 0.0378. The van der Waals surface area contributed by atoms with Crippen molar-refractivity contribution in [2.75, 3.05) is 6.61 Å². The lowest BCUT2D eigenvalue weighted by atomic mass is 10.2. The molecule has 0 N–H and O–H groups in total. The van der Waals surface area contributed by atoms with Gasteiger partial charge in [0.1, 0.15) is 11.5 Å². The minimum atomic E-state index is -0.492. The molecule has 0 bridgehead atoms. The lowest BCUT2D eigenvalue weighted by Crippen LogP contribution is -2.12. The molecule has 0 aliphatic rings. The van der Waals surface area contributed by atoms with Gasteiger partial charge in [-0.25, -0.2) is 9.59 Å². The molecule has 0 saturated carbocycles. The molecule has 0 heterocycles. The summed E-state index contributed by atoms with van der Waals surface area (Å²) in [5, 5.41) is 0. The molecule has 0 atom stereocenters. The highest BCUT2D eigenvalue weighted by molar-refractivity contribution is 5.92. The standard InChI is InChI=1S/C19H20O5/c1-4-22-17-7-5-6-15(12-17)19(21)24-16-10-8-14(9-11-16)18(20)23-13(2)3/h5-13H,4H2,1-3H3. The second-order valence-electron chi connectivity index (χ2n) is 5.33. The van der Waals surface area contributed by atoms with Crippen LogP contribution in [0.15, 0.2) is 48.5 Å². The number of carbonyl (C=O) groups excluding carboxylic acids is 2. The van der Waals surface area contributed by atoms with Crippen LogP contribution in [-0.2, 0) is 4.74 Å². The van der Waals surface area contributed by atoms with Crippen molar-refractivity contribution in [3.05, 3.63) is 59.7 Å². The fraction of sp³-hybridized carbons (Fsp3) is 0.263. The van der Waals surface area contributed by atoms with E-state index < -0.39 is 11.9 Å². The molecular weight excluding hydrogens is 308 g/mol. The van der Waals surface area contributed by atoms with E-state index in [0.29, 0.717) is 29.2 Å². The van der Waals surface area contributed by atoms with Gasteiger partial charge >= 0.3 is 11.9 Å². The van der Waals surface area contributed by atoms with E-state index >= 15 is 0 Å². The molecule has 0 amide bonds. The molecule has 0 aromatic heterocycles. The zero-order valence-electron chi connectivity index (χ0n) is 13.9. The first-order valence-corrected chi connectivity index (χ1v) is 7.75. The molecule has 5 nitrogen and oxygen atoms in total. The minimum Gasteiger partial charge on any atom is -0.494 e. The average Bonchev–Trinajstić information content (AvgIpc) is 2.55. The highest BCUT2D eigenvalue weighted by atomic mass is 16.5. The van der Waals surface area contributed by atoms with E-state index in [1.54, 1.807) is 62.4 Å². The highest BCUT2D eigenvalue weighted by Gasteiger charge is 2.12. The second-order valence-corrected chi connectivity index (χ2v) is 5.33. The summed E-state index contributed by atoms with van der Waals surface area (Å²) in [6, 6.07) is 13.0. The van der Waals surface area contributed by atoms with Crippen LogP contribution in [-0.4, -0.2) is 24.6 Å². The zero-order valence-corrected chi connectivity index (χ0v) is 13.9. The largest absolute Gasteiger partial charge is 0.494 e. The number of hydrogen-bond donors (Lipinski definition) is 0. The first-order chi connectivity index (χ1) is 11.5. The molecule has 24 heavy (non-hydrogen) atoms. The van der Waals surface area contributed by atoms with Gasteiger partial charge in [-0.1, -0.05) is 6.07 Å². The molecule has 0 unspecified atom stereocenters. The van der Waals surface area contributed by atoms with Gasteiger partial charge in [0.25, 0.3) is 0 Å². The van der Waals surface area contributed by atoms with Crippen molar-refractivity contribution in [2.24, 2.45) is 0 Å². The summed E-state index contributed by atoms with van der Waals surface area (Å²) in [5.41, 5.74) is 0.797. The summed E-state index contributed by atoms with van der Waals surface area (Å²) in [6.45, 7) is 5.96. The Labute approximate surface area is 141 Å². The normalized spacial score (nSPS) is 10.3. The third-order valence-corrected chi connectivity index (χ3v) is 3.02. The van der Waals surface area contributed by atoms with Gasteiger partial charge in [-0.2, -0.15) is 0 Å². The summed E-state index contributed by atoms with van der Waals surface area (Å²) in [6.07, 6.45) is -0.187. The first kappa shape index (κ1) is 17.5. The Hall–Kier alpha value is -2.82. The van der Waals surface area contributed by atoms with E-state index in [-0.39, 0.29) is 6.10 Å². The maximum atomic E-state index is 12.2. The van der Waals surface area contributed by atoms with Crippen molar-refractivity contribution < 1.29 is 23.8 Å². The van der Waals surface area contributed by atoms with Gasteiger partial charge in [-0.3, -0.25) is 0 Å². The van der Waals surface area contributed by atoms with Crippen LogP contribution < -0.4 is 9.47 Å². The molecule has 0 radical (unpaired) electrons. The molecule has 0 fully saturated rings. The third kappa shape index (κ3) is 4.84. The topological polar surface area (TPSA) is 61.8 Å². The quantitative estimate of drug-likeness (QED) is 0.595. The molecule has 2 aromatic carbocycles. The van der Waals surface area contributed by atoms with E-state index in [1.807, 2.05) is 6.92 Å². The van der Waals surface area contributed by atoms with E-state index in [4.69, 9.17) is 14.2 Å². The summed E-state index contributed by atoms with van der Waals surface area (Å²) >= 11 is 0. The second kappa shape index (κ2) is 8.15. The van der Waals surface area contributed by atoms with E-state index in [0.717, 1.165) is 0 Å². The molecular formula is C19H20O5. The van der Waals surface area contributed by atoms with Gasteiger partial charge in [-0.05, 0) is 63.2 Å². The number of esters is 2. The van der Waals surface area contributed by atoms with Crippen LogP contribution >= 0.6 is 0 Å². The van der Waals surface area contributed by atoms with Crippen LogP contribution in [0.4, 0.5) is 0 Å². The third-order valence-electron chi connectivity index (χ3n) is 3.02. The Morgan fingerprint density at radius 2 is 1.62 bits per heavy atom. The van der Waals surface area contributed by atoms with Crippen LogP contribution in [0.1, 0.15) is 41.5 Å². The molecule has 0 aliphatic carbocycles. The summed E-state index contributed by atoms with van der Waals surface area (Å²) in [5.74, 6) is 0.0583. The van der Waals surface area contributed by atoms with Gasteiger partial charge in [0.2, 0.25) is 0 Å². The van der Waals surface area contributed by atoms with Crippen molar-refractivity contribution in [3.8, 4) is 11.5 Å². The Morgan fingerprint density at radius 3 is 2.25 bits per heavy atom. The minimum absolute atomic E-state index is 0.187. The average molecular weight is 328 g/mol. The van der Waals surface area contributed by atoms with Crippen molar-refractivity contribution in [1.29, 1.82) is 0 Å². The van der Waals surface area contributed by atoms with Crippen LogP contribution in [0.5, 0.6) is 11.5 Å². The van der Waals surface area contributed by atoms with Crippen LogP contribution in [0.3, 0.4) is 0 Å². The van der Waals surface area contributed by atoms with E-state index in [1.165, 1.54) is 0 Å². The zero-order chi connectivity index (χ0) is 17.5. The molecule has 0 saturated heterocycles. The fourth-order valence-corrected chi connectivity index (χ4v) is 1.99. The molecule has 2 aromatic rings. The summed E-state index contributed by atoms with van der Waals surface area (Å²) in [7, 11) is 0. The van der Waals surface area contributed by atoms with Gasteiger partial charge in [0.05, 0.1) is 23.8 Å². The van der Waals surface area contributed by atoms with Crippen LogP contribution in [0.25, 0.3) is 0 Å². The Bertz CT molecular complexity index is 704. The highest BCUT2D eigenvalue weighted by Crippen LogP contribution is 2.18. The van der Waals surface area contributed by atoms with Crippen molar-refractivity contribution in [1.82, 2.24) is 0 Å². The molecule has 126 valence electrons. The van der Waals surface area contributed by atoms with Crippen molar-refractivity contribution in [3.63, 3.8) is 0 Å². The maximum Gasteiger partial charge on any atom is 0.343 e. The first-order valence-electron chi connectivity index (χ1n) is 7.75. The van der Waals surface area contributed by atoms with E-state index in [9.17, 15) is 9.59 Å². The molecule has 2 rings (SSSR count). The SMILES string of the molecule is CCOc1cccc(C(=O)Oc2ccc(C(=O)OC(C)C)cc2)c1. The van der Waals surface area contributed by atoms with Crippen molar-refractivity contribution in [2.45, 2.75) is 26.9 Å². The number of rotatable bonds is 6. The lowest BCUT2D eigenvalue weighted by Gasteiger charge is -2.09. The maximum absolute atomic E-state index is 12.2. The Balaban J connectivity index is 2.04. The summed E-state index contributed by atoms with van der Waals surface area (Å²) < 4.78 is 15.8. The van der Waals surface area contributed by atoms with Gasteiger partial charge in [-0.15, -0.1) is 0 Å². The molecule has 0 aliphatic heterocycles. The van der Waals surface area contributed by atoms with E-state index in [2.05, 4.69) is 0 Å². The monoisotopic (exact) mass is 328 g/mol. The number of benzene rings is 2. The van der Waals surface area contributed by atoms with Crippen molar-refractivity contribution >= 4 is 11.9 Å². The Morgan fingerprint density at radius 1 is 0.917 bits per heavy atom. The van der Waals surface area contributed by atoms with Gasteiger partial charge in [0, 0.05) is 0 Å². The summed E-state index contributed by atoms with van der Waals surface area (Å²) in [4.78, 5) is 23.9. The fourth-order valence-electron chi connectivity index (χ4n) is 1.99. The van der Waals surface area contributed by atoms with Gasteiger partial charge < -0.3 is 14.2 Å². The van der Waals surface area contributed by atoms with Crippen LogP contribution in [0.2, 0.25) is 0 Å². The predicted molar refractivity (Wildman–Crippen MR) is 89.6 cm³/mol. The molecule has 0 spiro atoms. The van der Waals surface area contributed by atoms with Gasteiger partial charge in [0.15, 0.2) is 0 Å². The Kier molecular flexibility index (Phi) is 5.95.